The summed E-state index contributed by atoms with van der Waals surface area (Å²) in [4.78, 5) is 6.44. The molecule has 1 saturated heterocycles. The fourth-order valence-electron chi connectivity index (χ4n) is 2.62. The average Bonchev–Trinajstić information content (AvgIpc) is 2.55. The third kappa shape index (κ3) is 3.86. The van der Waals surface area contributed by atoms with Crippen LogP contribution in [0.25, 0.3) is 0 Å². The molecule has 0 spiro atoms. The Hall–Kier alpha value is -1.78. The predicted octanol–water partition coefficient (Wildman–Crippen LogP) is 2.84. The first-order valence-corrected chi connectivity index (χ1v) is 7.29. The van der Waals surface area contributed by atoms with Gasteiger partial charge in [-0.15, -0.1) is 0 Å². The highest BCUT2D eigenvalue weighted by Crippen LogP contribution is 2.22. The van der Waals surface area contributed by atoms with E-state index in [1.807, 2.05) is 24.5 Å². The summed E-state index contributed by atoms with van der Waals surface area (Å²) < 4.78 is 18.8. The van der Waals surface area contributed by atoms with Crippen molar-refractivity contribution in [3.63, 3.8) is 0 Å². The lowest BCUT2D eigenvalue weighted by Crippen LogP contribution is -2.39. The minimum atomic E-state index is -0.205. The number of hydrogen-bond donors (Lipinski definition) is 0. The summed E-state index contributed by atoms with van der Waals surface area (Å²) in [6, 6.07) is 10.7. The highest BCUT2D eigenvalue weighted by atomic mass is 19.1. The first-order chi connectivity index (χ1) is 10.3. The van der Waals surface area contributed by atoms with Gasteiger partial charge in [-0.3, -0.25) is 9.88 Å². The molecule has 0 bridgehead atoms. The fourth-order valence-corrected chi connectivity index (χ4v) is 2.62. The molecule has 1 fully saturated rings. The van der Waals surface area contributed by atoms with E-state index in [9.17, 15) is 4.39 Å². The SMILES string of the molecule is Fc1ccc([C@@H]2CN(CCc3ccncc3)CCO2)cc1. The standard InChI is InChI=1S/C17H19FN2O/c18-16-3-1-15(2-4-16)17-13-20(11-12-21-17)10-7-14-5-8-19-9-6-14/h1-6,8-9,17H,7,10-13H2/t17-/m0/s1. The number of aromatic nitrogens is 1. The molecule has 4 heteroatoms. The Morgan fingerprint density at radius 1 is 1.14 bits per heavy atom. The lowest BCUT2D eigenvalue weighted by molar-refractivity contribution is -0.0295. The van der Waals surface area contributed by atoms with Gasteiger partial charge in [-0.25, -0.2) is 4.39 Å². The second-order valence-corrected chi connectivity index (χ2v) is 5.32. The van der Waals surface area contributed by atoms with E-state index in [0.717, 1.165) is 38.2 Å². The topological polar surface area (TPSA) is 25.4 Å². The van der Waals surface area contributed by atoms with Crippen molar-refractivity contribution in [3.8, 4) is 0 Å². The Morgan fingerprint density at radius 2 is 1.90 bits per heavy atom. The number of pyridine rings is 1. The molecule has 1 atom stereocenters. The van der Waals surface area contributed by atoms with Gasteiger partial charge in [-0.2, -0.15) is 0 Å². The third-order valence-corrected chi connectivity index (χ3v) is 3.86. The number of nitrogens with zero attached hydrogens (tertiary/aromatic N) is 2. The van der Waals surface area contributed by atoms with Crippen LogP contribution >= 0.6 is 0 Å². The molecule has 110 valence electrons. The van der Waals surface area contributed by atoms with Crippen molar-refractivity contribution >= 4 is 0 Å². The van der Waals surface area contributed by atoms with Crippen LogP contribution in [0.2, 0.25) is 0 Å². The van der Waals surface area contributed by atoms with E-state index < -0.39 is 0 Å². The molecule has 1 aromatic heterocycles. The Labute approximate surface area is 124 Å². The molecule has 0 amide bonds. The van der Waals surface area contributed by atoms with Gasteiger partial charge in [0.05, 0.1) is 12.7 Å². The molecule has 0 saturated carbocycles. The van der Waals surface area contributed by atoms with Gasteiger partial charge in [0.15, 0.2) is 0 Å². The Bertz CT molecular complexity index is 559. The summed E-state index contributed by atoms with van der Waals surface area (Å²) in [5.41, 5.74) is 2.35. The Morgan fingerprint density at radius 3 is 2.67 bits per heavy atom. The van der Waals surface area contributed by atoms with E-state index in [1.54, 1.807) is 0 Å². The van der Waals surface area contributed by atoms with Crippen molar-refractivity contribution in [1.29, 1.82) is 0 Å². The summed E-state index contributed by atoms with van der Waals surface area (Å²) in [7, 11) is 0. The zero-order valence-electron chi connectivity index (χ0n) is 11.9. The summed E-state index contributed by atoms with van der Waals surface area (Å²) in [5, 5.41) is 0. The van der Waals surface area contributed by atoms with Crippen LogP contribution in [0.3, 0.4) is 0 Å². The molecule has 1 aromatic carbocycles. The normalized spacial score (nSPS) is 19.6. The third-order valence-electron chi connectivity index (χ3n) is 3.86. The first kappa shape index (κ1) is 14.2. The van der Waals surface area contributed by atoms with Gasteiger partial charge in [0, 0.05) is 32.0 Å². The molecular formula is C17H19FN2O. The molecule has 2 aromatic rings. The minimum absolute atomic E-state index is 0.0387. The van der Waals surface area contributed by atoms with Crippen molar-refractivity contribution in [1.82, 2.24) is 9.88 Å². The molecule has 21 heavy (non-hydrogen) atoms. The van der Waals surface area contributed by atoms with Gasteiger partial charge < -0.3 is 4.74 Å². The summed E-state index contributed by atoms with van der Waals surface area (Å²) in [6.45, 7) is 3.53. The van der Waals surface area contributed by atoms with Crippen LogP contribution in [-0.2, 0) is 11.2 Å². The van der Waals surface area contributed by atoms with Crippen molar-refractivity contribution in [3.05, 3.63) is 65.7 Å². The van der Waals surface area contributed by atoms with Gasteiger partial charge >= 0.3 is 0 Å². The van der Waals surface area contributed by atoms with E-state index in [2.05, 4.69) is 22.0 Å². The van der Waals surface area contributed by atoms with E-state index in [-0.39, 0.29) is 11.9 Å². The van der Waals surface area contributed by atoms with Crippen LogP contribution in [0, 0.1) is 5.82 Å². The molecule has 0 aliphatic carbocycles. The van der Waals surface area contributed by atoms with Gasteiger partial charge in [0.2, 0.25) is 0 Å². The van der Waals surface area contributed by atoms with Crippen LogP contribution in [0.1, 0.15) is 17.2 Å². The maximum Gasteiger partial charge on any atom is 0.123 e. The van der Waals surface area contributed by atoms with Crippen LogP contribution in [0.15, 0.2) is 48.8 Å². The minimum Gasteiger partial charge on any atom is -0.371 e. The van der Waals surface area contributed by atoms with Gasteiger partial charge in [-0.05, 0) is 41.8 Å². The van der Waals surface area contributed by atoms with Crippen molar-refractivity contribution in [2.75, 3.05) is 26.2 Å². The quantitative estimate of drug-likeness (QED) is 0.864. The highest BCUT2D eigenvalue weighted by Gasteiger charge is 2.21. The zero-order chi connectivity index (χ0) is 14.5. The highest BCUT2D eigenvalue weighted by molar-refractivity contribution is 5.19. The number of ether oxygens (including phenoxy) is 1. The Balaban J connectivity index is 1.57. The van der Waals surface area contributed by atoms with Crippen molar-refractivity contribution < 1.29 is 9.13 Å². The van der Waals surface area contributed by atoms with Crippen molar-refractivity contribution in [2.24, 2.45) is 0 Å². The summed E-state index contributed by atoms with van der Waals surface area (Å²) in [5.74, 6) is -0.205. The number of morpholine rings is 1. The molecule has 3 nitrogen and oxygen atoms in total. The van der Waals surface area contributed by atoms with Crippen LogP contribution < -0.4 is 0 Å². The average molecular weight is 286 g/mol. The number of halogens is 1. The number of benzene rings is 1. The molecule has 0 unspecified atom stereocenters. The molecule has 3 rings (SSSR count). The molecule has 2 heterocycles. The number of hydrogen-bond acceptors (Lipinski definition) is 3. The first-order valence-electron chi connectivity index (χ1n) is 7.29. The van der Waals surface area contributed by atoms with E-state index in [4.69, 9.17) is 4.74 Å². The molecular weight excluding hydrogens is 267 g/mol. The van der Waals surface area contributed by atoms with Crippen LogP contribution in [-0.4, -0.2) is 36.1 Å². The van der Waals surface area contributed by atoms with E-state index >= 15 is 0 Å². The summed E-state index contributed by atoms with van der Waals surface area (Å²) in [6.07, 6.45) is 4.71. The predicted molar refractivity (Wildman–Crippen MR) is 79.5 cm³/mol. The summed E-state index contributed by atoms with van der Waals surface area (Å²) >= 11 is 0. The monoisotopic (exact) mass is 286 g/mol. The van der Waals surface area contributed by atoms with E-state index in [1.165, 1.54) is 17.7 Å². The smallest absolute Gasteiger partial charge is 0.123 e. The molecule has 1 aliphatic heterocycles. The maximum atomic E-state index is 13.0. The second-order valence-electron chi connectivity index (χ2n) is 5.32. The lowest BCUT2D eigenvalue weighted by Gasteiger charge is -2.33. The molecule has 1 aliphatic rings. The zero-order valence-corrected chi connectivity index (χ0v) is 11.9. The van der Waals surface area contributed by atoms with Crippen molar-refractivity contribution in [2.45, 2.75) is 12.5 Å². The number of rotatable bonds is 4. The van der Waals surface area contributed by atoms with Gasteiger partial charge in [-0.1, -0.05) is 12.1 Å². The van der Waals surface area contributed by atoms with Crippen LogP contribution in [0.4, 0.5) is 4.39 Å². The maximum absolute atomic E-state index is 13.0. The molecule has 0 N–H and O–H groups in total. The fraction of sp³-hybridized carbons (Fsp3) is 0.353. The van der Waals surface area contributed by atoms with Gasteiger partial charge in [0.25, 0.3) is 0 Å². The second kappa shape index (κ2) is 6.78. The van der Waals surface area contributed by atoms with E-state index in [0.29, 0.717) is 0 Å². The largest absolute Gasteiger partial charge is 0.371 e. The van der Waals surface area contributed by atoms with Crippen LogP contribution in [0.5, 0.6) is 0 Å². The molecule has 0 radical (unpaired) electrons. The van der Waals surface area contributed by atoms with Gasteiger partial charge in [0.1, 0.15) is 5.82 Å². The lowest BCUT2D eigenvalue weighted by atomic mass is 10.1. The Kier molecular flexibility index (Phi) is 4.58.